The van der Waals surface area contributed by atoms with E-state index in [-0.39, 0.29) is 12.2 Å². The van der Waals surface area contributed by atoms with Crippen LogP contribution in [0, 0.1) is 10.1 Å². The normalized spacial score (nSPS) is 18.6. The zero-order valence-electron chi connectivity index (χ0n) is 12.5. The number of nitro groups is 1. The molecular formula is C14H24N4O3. The van der Waals surface area contributed by atoms with Gasteiger partial charge in [0.1, 0.15) is 12.4 Å². The number of rotatable bonds is 6. The van der Waals surface area contributed by atoms with Crippen LogP contribution in [0.25, 0.3) is 0 Å². The topological polar surface area (TPSA) is 84.4 Å². The summed E-state index contributed by atoms with van der Waals surface area (Å²) in [4.78, 5) is 12.3. The van der Waals surface area contributed by atoms with Gasteiger partial charge in [0.15, 0.2) is 0 Å². The van der Waals surface area contributed by atoms with Crippen LogP contribution in [0.3, 0.4) is 0 Å². The quantitative estimate of drug-likeness (QED) is 0.491. The second-order valence-corrected chi connectivity index (χ2v) is 5.92. The molecule has 118 valence electrons. The van der Waals surface area contributed by atoms with Crippen molar-refractivity contribution in [2.75, 3.05) is 13.6 Å². The van der Waals surface area contributed by atoms with Crippen molar-refractivity contribution in [3.8, 4) is 0 Å². The van der Waals surface area contributed by atoms with E-state index >= 15 is 0 Å². The summed E-state index contributed by atoms with van der Waals surface area (Å²) in [6, 6.07) is 0.536. The summed E-state index contributed by atoms with van der Waals surface area (Å²) >= 11 is 0. The van der Waals surface area contributed by atoms with Crippen molar-refractivity contribution in [3.63, 3.8) is 0 Å². The number of likely N-dealkylation sites (N-methyl/N-ethyl adjacent to an activating group) is 1. The molecule has 0 saturated heterocycles. The molecule has 1 atom stereocenters. The van der Waals surface area contributed by atoms with Crippen LogP contribution in [0.4, 0.5) is 5.69 Å². The van der Waals surface area contributed by atoms with E-state index in [2.05, 4.69) is 10.00 Å². The van der Waals surface area contributed by atoms with Gasteiger partial charge in [-0.05, 0) is 19.9 Å². The minimum Gasteiger partial charge on any atom is -0.390 e. The molecule has 1 N–H and O–H groups in total. The molecule has 1 heterocycles. The third-order valence-corrected chi connectivity index (χ3v) is 4.18. The Kier molecular flexibility index (Phi) is 5.69. The van der Waals surface area contributed by atoms with Crippen LogP contribution in [0.5, 0.6) is 0 Å². The van der Waals surface area contributed by atoms with Crippen LogP contribution in [0.1, 0.15) is 38.5 Å². The maximum absolute atomic E-state index is 10.6. The first-order chi connectivity index (χ1) is 10.1. The summed E-state index contributed by atoms with van der Waals surface area (Å²) in [6.07, 6.45) is 9.52. The minimum absolute atomic E-state index is 0.0423. The molecular weight excluding hydrogens is 272 g/mol. The van der Waals surface area contributed by atoms with Crippen LogP contribution in [0.15, 0.2) is 12.4 Å². The number of hydrogen-bond donors (Lipinski definition) is 1. The van der Waals surface area contributed by atoms with Crippen LogP contribution in [-0.2, 0) is 6.54 Å². The summed E-state index contributed by atoms with van der Waals surface area (Å²) in [5.74, 6) is 0. The summed E-state index contributed by atoms with van der Waals surface area (Å²) in [5.41, 5.74) is -0.0423. The molecule has 21 heavy (non-hydrogen) atoms. The molecule has 0 amide bonds. The lowest BCUT2D eigenvalue weighted by Crippen LogP contribution is -2.38. The van der Waals surface area contributed by atoms with Crippen molar-refractivity contribution in [3.05, 3.63) is 22.5 Å². The summed E-state index contributed by atoms with van der Waals surface area (Å²) < 4.78 is 1.43. The Morgan fingerprint density at radius 2 is 2.14 bits per heavy atom. The van der Waals surface area contributed by atoms with E-state index in [1.165, 1.54) is 55.6 Å². The van der Waals surface area contributed by atoms with Gasteiger partial charge in [-0.1, -0.05) is 25.7 Å². The molecule has 0 aliphatic heterocycles. The third-order valence-electron chi connectivity index (χ3n) is 4.18. The van der Waals surface area contributed by atoms with Crippen molar-refractivity contribution in [2.45, 2.75) is 57.2 Å². The molecule has 7 heteroatoms. The number of hydrogen-bond acceptors (Lipinski definition) is 5. The molecule has 1 aliphatic carbocycles. The van der Waals surface area contributed by atoms with Gasteiger partial charge in [-0.25, -0.2) is 0 Å². The SMILES string of the molecule is CN(CC(O)Cn1cc([N+](=O)[O-])cn1)C1CCCCCC1. The van der Waals surface area contributed by atoms with Crippen molar-refractivity contribution < 1.29 is 10.0 Å². The van der Waals surface area contributed by atoms with Gasteiger partial charge >= 0.3 is 5.69 Å². The second-order valence-electron chi connectivity index (χ2n) is 5.92. The zero-order valence-corrected chi connectivity index (χ0v) is 12.5. The monoisotopic (exact) mass is 296 g/mol. The average molecular weight is 296 g/mol. The highest BCUT2D eigenvalue weighted by Gasteiger charge is 2.20. The molecule has 1 aromatic heterocycles. The van der Waals surface area contributed by atoms with Gasteiger partial charge in [0.25, 0.3) is 0 Å². The van der Waals surface area contributed by atoms with Crippen LogP contribution in [0.2, 0.25) is 0 Å². The van der Waals surface area contributed by atoms with Gasteiger partial charge in [-0.3, -0.25) is 14.8 Å². The Morgan fingerprint density at radius 3 is 2.71 bits per heavy atom. The molecule has 1 unspecified atom stereocenters. The predicted octanol–water partition coefficient (Wildman–Crippen LogP) is 1.81. The first-order valence-electron chi connectivity index (χ1n) is 7.61. The molecule has 0 radical (unpaired) electrons. The van der Waals surface area contributed by atoms with Gasteiger partial charge in [-0.15, -0.1) is 0 Å². The van der Waals surface area contributed by atoms with Gasteiger partial charge in [0, 0.05) is 12.6 Å². The van der Waals surface area contributed by atoms with E-state index in [1.807, 2.05) is 7.05 Å². The van der Waals surface area contributed by atoms with Crippen LogP contribution >= 0.6 is 0 Å². The largest absolute Gasteiger partial charge is 0.390 e. The van der Waals surface area contributed by atoms with E-state index in [0.29, 0.717) is 12.6 Å². The summed E-state index contributed by atoms with van der Waals surface area (Å²) in [7, 11) is 2.05. The summed E-state index contributed by atoms with van der Waals surface area (Å²) in [5, 5.41) is 24.7. The van der Waals surface area contributed by atoms with E-state index < -0.39 is 11.0 Å². The number of aliphatic hydroxyl groups is 1. The van der Waals surface area contributed by atoms with Crippen LogP contribution in [-0.4, -0.2) is 50.4 Å². The fourth-order valence-electron chi connectivity index (χ4n) is 3.00. The number of aliphatic hydroxyl groups excluding tert-OH is 1. The smallest absolute Gasteiger partial charge is 0.306 e. The number of aromatic nitrogens is 2. The lowest BCUT2D eigenvalue weighted by atomic mass is 10.1. The van der Waals surface area contributed by atoms with Crippen molar-refractivity contribution >= 4 is 5.69 Å². The van der Waals surface area contributed by atoms with Crippen molar-refractivity contribution in [1.29, 1.82) is 0 Å². The first kappa shape index (κ1) is 15.9. The Hall–Kier alpha value is -1.47. The molecule has 0 spiro atoms. The fraction of sp³-hybridized carbons (Fsp3) is 0.786. The van der Waals surface area contributed by atoms with E-state index in [9.17, 15) is 15.2 Å². The Balaban J connectivity index is 1.82. The van der Waals surface area contributed by atoms with E-state index in [4.69, 9.17) is 0 Å². The molecule has 1 fully saturated rings. The van der Waals surface area contributed by atoms with Crippen molar-refractivity contribution in [1.82, 2.24) is 14.7 Å². The predicted molar refractivity (Wildman–Crippen MR) is 79.0 cm³/mol. The van der Waals surface area contributed by atoms with Gasteiger partial charge < -0.3 is 10.0 Å². The molecule has 7 nitrogen and oxygen atoms in total. The lowest BCUT2D eigenvalue weighted by Gasteiger charge is -2.28. The zero-order chi connectivity index (χ0) is 15.2. The molecule has 0 bridgehead atoms. The average Bonchev–Trinajstić information content (AvgIpc) is 2.73. The molecule has 1 aromatic rings. The highest BCUT2D eigenvalue weighted by atomic mass is 16.6. The maximum atomic E-state index is 10.6. The maximum Gasteiger partial charge on any atom is 0.306 e. The number of nitrogens with zero attached hydrogens (tertiary/aromatic N) is 4. The Labute approximate surface area is 124 Å². The molecule has 1 saturated carbocycles. The Morgan fingerprint density at radius 1 is 1.48 bits per heavy atom. The standard InChI is InChI=1S/C14H24N4O3/c1-16(12-6-4-2-3-5-7-12)10-14(19)11-17-9-13(8-15-17)18(20)21/h8-9,12,14,19H,2-7,10-11H2,1H3. The van der Waals surface area contributed by atoms with E-state index in [0.717, 1.165) is 0 Å². The fourth-order valence-corrected chi connectivity index (χ4v) is 3.00. The minimum atomic E-state index is -0.572. The molecule has 2 rings (SSSR count). The first-order valence-corrected chi connectivity index (χ1v) is 7.61. The molecule has 0 aromatic carbocycles. The lowest BCUT2D eigenvalue weighted by molar-refractivity contribution is -0.385. The van der Waals surface area contributed by atoms with Gasteiger partial charge in [0.05, 0.1) is 17.6 Å². The molecule has 1 aliphatic rings. The summed E-state index contributed by atoms with van der Waals surface area (Å²) in [6.45, 7) is 0.850. The highest BCUT2D eigenvalue weighted by molar-refractivity contribution is 5.20. The Bertz CT molecular complexity index is 455. The highest BCUT2D eigenvalue weighted by Crippen LogP contribution is 2.21. The second kappa shape index (κ2) is 7.51. The third kappa shape index (κ3) is 4.78. The van der Waals surface area contributed by atoms with Crippen molar-refractivity contribution in [2.24, 2.45) is 0 Å². The van der Waals surface area contributed by atoms with Crippen LogP contribution < -0.4 is 0 Å². The van der Waals surface area contributed by atoms with Gasteiger partial charge in [-0.2, -0.15) is 5.10 Å². The van der Waals surface area contributed by atoms with Gasteiger partial charge in [0.2, 0.25) is 0 Å². The van der Waals surface area contributed by atoms with E-state index in [1.54, 1.807) is 0 Å².